The summed E-state index contributed by atoms with van der Waals surface area (Å²) >= 11 is 3.44. The summed E-state index contributed by atoms with van der Waals surface area (Å²) in [7, 11) is 1.74. The SMILES string of the molecule is CNC(c1ccc(Br)c(C)c1)c1cc(F)c(C)cc1F. The highest BCUT2D eigenvalue weighted by Crippen LogP contribution is 2.28. The van der Waals surface area contributed by atoms with Gasteiger partial charge in [0.05, 0.1) is 6.04 Å². The Balaban J connectivity index is 2.52. The smallest absolute Gasteiger partial charge is 0.128 e. The van der Waals surface area contributed by atoms with Gasteiger partial charge in [-0.1, -0.05) is 28.1 Å². The lowest BCUT2D eigenvalue weighted by Gasteiger charge is -2.19. The number of aryl methyl sites for hydroxylation is 2. The Hall–Kier alpha value is -1.26. The molecular weight excluding hydrogens is 324 g/mol. The van der Waals surface area contributed by atoms with E-state index in [9.17, 15) is 8.78 Å². The monoisotopic (exact) mass is 339 g/mol. The summed E-state index contributed by atoms with van der Waals surface area (Å²) < 4.78 is 28.8. The van der Waals surface area contributed by atoms with E-state index >= 15 is 0 Å². The third kappa shape index (κ3) is 2.91. The number of hydrogen-bond donors (Lipinski definition) is 1. The summed E-state index contributed by atoms with van der Waals surface area (Å²) in [5.74, 6) is -0.792. The molecule has 0 amide bonds. The van der Waals surface area contributed by atoms with Crippen LogP contribution < -0.4 is 5.32 Å². The Morgan fingerprint density at radius 2 is 1.70 bits per heavy atom. The summed E-state index contributed by atoms with van der Waals surface area (Å²) in [6, 6.07) is 7.90. The average Bonchev–Trinajstić information content (AvgIpc) is 2.40. The highest BCUT2D eigenvalue weighted by molar-refractivity contribution is 9.10. The molecule has 0 spiro atoms. The van der Waals surface area contributed by atoms with Crippen LogP contribution >= 0.6 is 15.9 Å². The lowest BCUT2D eigenvalue weighted by Crippen LogP contribution is -2.19. The minimum absolute atomic E-state index is 0.313. The number of nitrogens with one attached hydrogen (secondary N) is 1. The van der Waals surface area contributed by atoms with Gasteiger partial charge in [0.15, 0.2) is 0 Å². The van der Waals surface area contributed by atoms with Crippen LogP contribution in [0.15, 0.2) is 34.8 Å². The van der Waals surface area contributed by atoms with Crippen LogP contribution in [0.1, 0.15) is 28.3 Å². The summed E-state index contributed by atoms with van der Waals surface area (Å²) in [5, 5.41) is 3.05. The number of benzene rings is 2. The molecule has 0 saturated heterocycles. The Labute approximate surface area is 126 Å². The maximum Gasteiger partial charge on any atom is 0.128 e. The van der Waals surface area contributed by atoms with Crippen LogP contribution in [0, 0.1) is 25.5 Å². The van der Waals surface area contributed by atoms with Gasteiger partial charge in [-0.05, 0) is 55.8 Å². The molecule has 1 atom stereocenters. The molecule has 2 aromatic rings. The molecule has 0 aliphatic carbocycles. The number of hydrogen-bond acceptors (Lipinski definition) is 1. The predicted octanol–water partition coefficient (Wildman–Crippen LogP) is 4.65. The van der Waals surface area contributed by atoms with E-state index in [-0.39, 0.29) is 6.04 Å². The Bertz CT molecular complexity index is 641. The van der Waals surface area contributed by atoms with Crippen molar-refractivity contribution in [3.8, 4) is 0 Å². The van der Waals surface area contributed by atoms with Crippen molar-refractivity contribution >= 4 is 15.9 Å². The topological polar surface area (TPSA) is 12.0 Å². The van der Waals surface area contributed by atoms with E-state index < -0.39 is 11.6 Å². The second-order valence-corrected chi connectivity index (χ2v) is 5.71. The van der Waals surface area contributed by atoms with E-state index in [2.05, 4.69) is 21.2 Å². The second kappa shape index (κ2) is 6.02. The first-order valence-corrected chi connectivity index (χ1v) is 7.12. The Morgan fingerprint density at radius 1 is 1.00 bits per heavy atom. The maximum atomic E-state index is 14.1. The third-order valence-electron chi connectivity index (χ3n) is 3.39. The van der Waals surface area contributed by atoms with Crippen molar-refractivity contribution < 1.29 is 8.78 Å². The average molecular weight is 340 g/mol. The molecule has 2 rings (SSSR count). The fourth-order valence-electron chi connectivity index (χ4n) is 2.23. The maximum absolute atomic E-state index is 14.1. The molecule has 0 heterocycles. The molecule has 0 fully saturated rings. The van der Waals surface area contributed by atoms with Crippen LogP contribution in [0.3, 0.4) is 0 Å². The van der Waals surface area contributed by atoms with E-state index in [1.54, 1.807) is 14.0 Å². The quantitative estimate of drug-likeness (QED) is 0.857. The number of rotatable bonds is 3. The van der Waals surface area contributed by atoms with Gasteiger partial charge >= 0.3 is 0 Å². The van der Waals surface area contributed by atoms with Gasteiger partial charge in [-0.15, -0.1) is 0 Å². The van der Waals surface area contributed by atoms with Gasteiger partial charge in [-0.25, -0.2) is 8.78 Å². The van der Waals surface area contributed by atoms with E-state index in [4.69, 9.17) is 0 Å². The van der Waals surface area contributed by atoms with Gasteiger partial charge in [0, 0.05) is 10.0 Å². The first-order valence-electron chi connectivity index (χ1n) is 6.33. The fraction of sp³-hybridized carbons (Fsp3) is 0.250. The molecule has 1 N–H and O–H groups in total. The normalized spacial score (nSPS) is 12.5. The Morgan fingerprint density at radius 3 is 2.30 bits per heavy atom. The van der Waals surface area contributed by atoms with Crippen LogP contribution in [-0.4, -0.2) is 7.05 Å². The zero-order valence-corrected chi connectivity index (χ0v) is 13.2. The highest BCUT2D eigenvalue weighted by atomic mass is 79.9. The molecule has 0 aromatic heterocycles. The van der Waals surface area contributed by atoms with E-state index in [1.807, 2.05) is 25.1 Å². The van der Waals surface area contributed by atoms with Gasteiger partial charge in [-0.2, -0.15) is 0 Å². The molecule has 1 unspecified atom stereocenters. The summed E-state index contributed by atoms with van der Waals surface area (Å²) in [6.07, 6.45) is 0. The second-order valence-electron chi connectivity index (χ2n) is 4.85. The fourth-order valence-corrected chi connectivity index (χ4v) is 2.48. The summed E-state index contributed by atoms with van der Waals surface area (Å²) in [5.41, 5.74) is 2.58. The van der Waals surface area contributed by atoms with Crippen molar-refractivity contribution in [2.24, 2.45) is 0 Å². The van der Waals surface area contributed by atoms with Gasteiger partial charge in [0.1, 0.15) is 11.6 Å². The highest BCUT2D eigenvalue weighted by Gasteiger charge is 2.18. The molecule has 1 nitrogen and oxygen atoms in total. The molecule has 0 radical (unpaired) electrons. The van der Waals surface area contributed by atoms with Crippen LogP contribution in [-0.2, 0) is 0 Å². The van der Waals surface area contributed by atoms with E-state index in [0.717, 1.165) is 15.6 Å². The van der Waals surface area contributed by atoms with Crippen LogP contribution in [0.2, 0.25) is 0 Å². The standard InChI is InChI=1S/C16H16BrF2N/c1-9-6-11(4-5-13(9)17)16(20-3)12-8-14(18)10(2)7-15(12)19/h4-8,16,20H,1-3H3. The minimum Gasteiger partial charge on any atom is -0.309 e. The molecule has 0 aliphatic heterocycles. The van der Waals surface area contributed by atoms with Crippen LogP contribution in [0.4, 0.5) is 8.78 Å². The largest absolute Gasteiger partial charge is 0.309 e. The zero-order valence-electron chi connectivity index (χ0n) is 11.6. The molecule has 20 heavy (non-hydrogen) atoms. The molecule has 4 heteroatoms. The van der Waals surface area contributed by atoms with Gasteiger partial charge in [-0.3, -0.25) is 0 Å². The molecule has 0 aliphatic rings. The molecule has 0 bridgehead atoms. The van der Waals surface area contributed by atoms with Crippen LogP contribution in [0.5, 0.6) is 0 Å². The van der Waals surface area contributed by atoms with Gasteiger partial charge in [0.25, 0.3) is 0 Å². The van der Waals surface area contributed by atoms with Crippen molar-refractivity contribution in [3.63, 3.8) is 0 Å². The first-order chi connectivity index (χ1) is 9.43. The van der Waals surface area contributed by atoms with Crippen molar-refractivity contribution in [2.45, 2.75) is 19.9 Å². The molecule has 2 aromatic carbocycles. The zero-order chi connectivity index (χ0) is 14.9. The first kappa shape index (κ1) is 15.1. The van der Waals surface area contributed by atoms with Crippen molar-refractivity contribution in [2.75, 3.05) is 7.05 Å². The molecule has 106 valence electrons. The lowest BCUT2D eigenvalue weighted by molar-refractivity contribution is 0.553. The van der Waals surface area contributed by atoms with E-state index in [0.29, 0.717) is 11.1 Å². The predicted molar refractivity (Wildman–Crippen MR) is 80.9 cm³/mol. The third-order valence-corrected chi connectivity index (χ3v) is 4.28. The minimum atomic E-state index is -0.399. The molecule has 0 saturated carbocycles. The van der Waals surface area contributed by atoms with Crippen molar-refractivity contribution in [1.82, 2.24) is 5.32 Å². The number of halogens is 3. The lowest BCUT2D eigenvalue weighted by atomic mass is 9.96. The van der Waals surface area contributed by atoms with Crippen molar-refractivity contribution in [1.29, 1.82) is 0 Å². The van der Waals surface area contributed by atoms with Gasteiger partial charge in [0.2, 0.25) is 0 Å². The Kier molecular flexibility index (Phi) is 4.55. The van der Waals surface area contributed by atoms with Gasteiger partial charge < -0.3 is 5.32 Å². The summed E-state index contributed by atoms with van der Waals surface area (Å²) in [6.45, 7) is 3.52. The summed E-state index contributed by atoms with van der Waals surface area (Å²) in [4.78, 5) is 0. The van der Waals surface area contributed by atoms with Crippen LogP contribution in [0.25, 0.3) is 0 Å². The van der Waals surface area contributed by atoms with Crippen molar-refractivity contribution in [3.05, 3.63) is 68.7 Å². The molecular formula is C16H16BrF2N. The van der Waals surface area contributed by atoms with E-state index in [1.165, 1.54) is 12.1 Å².